The van der Waals surface area contributed by atoms with Gasteiger partial charge < -0.3 is 9.80 Å². The molecular formula is C25H24FN3O2S. The van der Waals surface area contributed by atoms with Crippen LogP contribution in [0.25, 0.3) is 11.1 Å². The van der Waals surface area contributed by atoms with Crippen LogP contribution < -0.4 is 0 Å². The molecule has 0 radical (unpaired) electrons. The summed E-state index contributed by atoms with van der Waals surface area (Å²) in [6.45, 7) is 3.06. The molecule has 5 rings (SSSR count). The van der Waals surface area contributed by atoms with Crippen LogP contribution in [0.2, 0.25) is 0 Å². The summed E-state index contributed by atoms with van der Waals surface area (Å²) in [4.78, 5) is 33.2. The molecule has 0 N–H and O–H groups in total. The van der Waals surface area contributed by atoms with Crippen LogP contribution in [0.5, 0.6) is 0 Å². The zero-order valence-corrected chi connectivity index (χ0v) is 18.4. The molecule has 7 heteroatoms. The SMILES string of the molecule is O=C(c1ccc(-c2cccc(F)c2)cc1)N1CCC(C2CN(C(=O)c3nccs3)C2)CC1. The van der Waals surface area contributed by atoms with E-state index >= 15 is 0 Å². The molecule has 32 heavy (non-hydrogen) atoms. The maximum atomic E-state index is 13.5. The maximum absolute atomic E-state index is 13.5. The molecule has 164 valence electrons. The van der Waals surface area contributed by atoms with Crippen LogP contribution in [0.4, 0.5) is 4.39 Å². The number of likely N-dealkylation sites (tertiary alicyclic amines) is 2. The molecule has 2 aliphatic rings. The van der Waals surface area contributed by atoms with Crippen LogP contribution in [-0.4, -0.2) is 52.8 Å². The third kappa shape index (κ3) is 4.17. The van der Waals surface area contributed by atoms with Crippen molar-refractivity contribution >= 4 is 23.2 Å². The summed E-state index contributed by atoms with van der Waals surface area (Å²) in [6.07, 6.45) is 3.60. The summed E-state index contributed by atoms with van der Waals surface area (Å²) in [5.74, 6) is 0.873. The van der Waals surface area contributed by atoms with Crippen molar-refractivity contribution in [3.63, 3.8) is 0 Å². The Morgan fingerprint density at radius 1 is 0.906 bits per heavy atom. The molecule has 3 heterocycles. The van der Waals surface area contributed by atoms with E-state index in [1.165, 1.54) is 23.5 Å². The quantitative estimate of drug-likeness (QED) is 0.586. The molecule has 2 amide bonds. The summed E-state index contributed by atoms with van der Waals surface area (Å²) >= 11 is 1.38. The highest BCUT2D eigenvalue weighted by molar-refractivity contribution is 7.11. The van der Waals surface area contributed by atoms with E-state index in [1.54, 1.807) is 12.3 Å². The van der Waals surface area contributed by atoms with E-state index in [0.29, 0.717) is 22.4 Å². The number of benzene rings is 2. The van der Waals surface area contributed by atoms with E-state index in [1.807, 2.05) is 45.5 Å². The molecule has 1 aromatic heterocycles. The van der Waals surface area contributed by atoms with Gasteiger partial charge in [-0.15, -0.1) is 11.3 Å². The average Bonchev–Trinajstić information content (AvgIpc) is 3.33. The van der Waals surface area contributed by atoms with E-state index in [-0.39, 0.29) is 17.6 Å². The van der Waals surface area contributed by atoms with Crippen LogP contribution in [0.1, 0.15) is 33.0 Å². The molecule has 0 saturated carbocycles. The molecule has 2 saturated heterocycles. The first-order valence-corrected chi connectivity index (χ1v) is 11.8. The molecule has 2 fully saturated rings. The Balaban J connectivity index is 1.13. The summed E-state index contributed by atoms with van der Waals surface area (Å²) in [7, 11) is 0. The van der Waals surface area contributed by atoms with Gasteiger partial charge >= 0.3 is 0 Å². The first kappa shape index (κ1) is 20.8. The van der Waals surface area contributed by atoms with E-state index in [9.17, 15) is 14.0 Å². The minimum atomic E-state index is -0.271. The van der Waals surface area contributed by atoms with E-state index in [2.05, 4.69) is 4.98 Å². The molecule has 2 aliphatic heterocycles. The number of hydrogen-bond acceptors (Lipinski definition) is 4. The standard InChI is InChI=1S/C25H24FN3O2S/c26-22-3-1-2-20(14-22)17-4-6-19(7-5-17)24(30)28-11-8-18(9-12-28)21-15-29(16-21)25(31)23-27-10-13-32-23/h1-7,10,13-14,18,21H,8-9,11-12,15-16H2. The van der Waals surface area contributed by atoms with Crippen LogP contribution in [-0.2, 0) is 0 Å². The second kappa shape index (κ2) is 8.82. The Bertz CT molecular complexity index is 1100. The molecule has 0 aliphatic carbocycles. The Hall–Kier alpha value is -3.06. The fraction of sp³-hybridized carbons (Fsp3) is 0.320. The van der Waals surface area contributed by atoms with Crippen molar-refractivity contribution < 1.29 is 14.0 Å². The number of amides is 2. The predicted molar refractivity (Wildman–Crippen MR) is 122 cm³/mol. The number of carbonyl (C=O) groups is 2. The van der Waals surface area contributed by atoms with Gasteiger partial charge in [0.25, 0.3) is 11.8 Å². The number of nitrogens with zero attached hydrogens (tertiary/aromatic N) is 3. The van der Waals surface area contributed by atoms with Crippen LogP contribution >= 0.6 is 11.3 Å². The minimum absolute atomic E-state index is 0.0329. The van der Waals surface area contributed by atoms with Gasteiger partial charge in [-0.3, -0.25) is 9.59 Å². The summed E-state index contributed by atoms with van der Waals surface area (Å²) < 4.78 is 13.5. The smallest absolute Gasteiger partial charge is 0.282 e. The lowest BCUT2D eigenvalue weighted by molar-refractivity contribution is 0.0228. The summed E-state index contributed by atoms with van der Waals surface area (Å²) in [5.41, 5.74) is 2.35. The van der Waals surface area contributed by atoms with Gasteiger partial charge in [0.2, 0.25) is 0 Å². The van der Waals surface area contributed by atoms with Crippen LogP contribution in [0, 0.1) is 17.7 Å². The van der Waals surface area contributed by atoms with E-state index in [4.69, 9.17) is 0 Å². The number of piperidine rings is 1. The number of carbonyl (C=O) groups excluding carboxylic acids is 2. The second-order valence-electron chi connectivity index (χ2n) is 8.52. The van der Waals surface area contributed by atoms with Gasteiger partial charge in [0, 0.05) is 43.3 Å². The Labute approximate surface area is 190 Å². The zero-order chi connectivity index (χ0) is 22.1. The Morgan fingerprint density at radius 2 is 1.66 bits per heavy atom. The maximum Gasteiger partial charge on any atom is 0.282 e. The van der Waals surface area contributed by atoms with Crippen molar-refractivity contribution in [2.75, 3.05) is 26.2 Å². The Morgan fingerprint density at radius 3 is 2.31 bits per heavy atom. The predicted octanol–water partition coefficient (Wildman–Crippen LogP) is 4.57. The third-order valence-corrected chi connectivity index (χ3v) is 7.36. The number of rotatable bonds is 4. The molecule has 5 nitrogen and oxygen atoms in total. The van der Waals surface area contributed by atoms with Crippen molar-refractivity contribution in [2.45, 2.75) is 12.8 Å². The van der Waals surface area contributed by atoms with Crippen molar-refractivity contribution in [3.8, 4) is 11.1 Å². The number of halogens is 1. The number of thiazole rings is 1. The molecule has 0 bridgehead atoms. The lowest BCUT2D eigenvalue weighted by Gasteiger charge is -2.45. The van der Waals surface area contributed by atoms with Gasteiger partial charge in [-0.25, -0.2) is 9.37 Å². The highest BCUT2D eigenvalue weighted by Gasteiger charge is 2.38. The summed E-state index contributed by atoms with van der Waals surface area (Å²) in [5, 5.41) is 2.39. The van der Waals surface area contributed by atoms with Gasteiger partial charge in [-0.1, -0.05) is 24.3 Å². The lowest BCUT2D eigenvalue weighted by atomic mass is 9.79. The van der Waals surface area contributed by atoms with Crippen molar-refractivity contribution in [2.24, 2.45) is 11.8 Å². The topological polar surface area (TPSA) is 53.5 Å². The van der Waals surface area contributed by atoms with Gasteiger partial charge in [-0.05, 0) is 60.1 Å². The highest BCUT2D eigenvalue weighted by atomic mass is 32.1. The monoisotopic (exact) mass is 449 g/mol. The minimum Gasteiger partial charge on any atom is -0.339 e. The molecule has 2 aromatic carbocycles. The molecule has 0 unspecified atom stereocenters. The molecule has 0 spiro atoms. The third-order valence-electron chi connectivity index (χ3n) is 6.60. The van der Waals surface area contributed by atoms with Crippen molar-refractivity contribution in [1.29, 1.82) is 0 Å². The van der Waals surface area contributed by atoms with Crippen molar-refractivity contribution in [1.82, 2.24) is 14.8 Å². The van der Waals surface area contributed by atoms with Gasteiger partial charge in [0.1, 0.15) is 5.82 Å². The second-order valence-corrected chi connectivity index (χ2v) is 9.42. The first-order chi connectivity index (χ1) is 15.6. The fourth-order valence-corrected chi connectivity index (χ4v) is 5.27. The van der Waals surface area contributed by atoms with E-state index in [0.717, 1.165) is 50.1 Å². The number of aromatic nitrogens is 1. The van der Waals surface area contributed by atoms with Crippen molar-refractivity contribution in [3.05, 3.63) is 76.5 Å². The van der Waals surface area contributed by atoms with Crippen LogP contribution in [0.15, 0.2) is 60.1 Å². The normalized spacial score (nSPS) is 17.3. The molecule has 0 atom stereocenters. The van der Waals surface area contributed by atoms with Crippen LogP contribution in [0.3, 0.4) is 0 Å². The fourth-order valence-electron chi connectivity index (χ4n) is 4.67. The Kier molecular flexibility index (Phi) is 5.74. The largest absolute Gasteiger partial charge is 0.339 e. The summed E-state index contributed by atoms with van der Waals surface area (Å²) in [6, 6.07) is 13.8. The molecular weight excluding hydrogens is 425 g/mol. The molecule has 3 aromatic rings. The van der Waals surface area contributed by atoms with E-state index < -0.39 is 0 Å². The number of hydrogen-bond donors (Lipinski definition) is 0. The van der Waals surface area contributed by atoms with Gasteiger partial charge in [-0.2, -0.15) is 0 Å². The lowest BCUT2D eigenvalue weighted by Crippen LogP contribution is -2.54. The van der Waals surface area contributed by atoms with Gasteiger partial charge in [0.05, 0.1) is 0 Å². The van der Waals surface area contributed by atoms with Gasteiger partial charge in [0.15, 0.2) is 5.01 Å². The average molecular weight is 450 g/mol. The first-order valence-electron chi connectivity index (χ1n) is 10.9. The zero-order valence-electron chi connectivity index (χ0n) is 17.6. The highest BCUT2D eigenvalue weighted by Crippen LogP contribution is 2.33.